The third kappa shape index (κ3) is 3.05. The lowest BCUT2D eigenvalue weighted by atomic mass is 9.85. The van der Waals surface area contributed by atoms with E-state index in [1.807, 2.05) is 6.92 Å². The Morgan fingerprint density at radius 2 is 2.06 bits per heavy atom. The van der Waals surface area contributed by atoms with Gasteiger partial charge in [0.2, 0.25) is 0 Å². The summed E-state index contributed by atoms with van der Waals surface area (Å²) in [5.74, 6) is 1.96. The molecule has 0 aliphatic carbocycles. The van der Waals surface area contributed by atoms with Crippen LogP contribution >= 0.6 is 0 Å². The van der Waals surface area contributed by atoms with Crippen LogP contribution in [0.15, 0.2) is 18.2 Å². The van der Waals surface area contributed by atoms with Crippen molar-refractivity contribution in [3.05, 3.63) is 29.3 Å². The van der Waals surface area contributed by atoms with Crippen molar-refractivity contribution in [2.24, 2.45) is 11.8 Å². The Labute approximate surface area is 110 Å². The van der Waals surface area contributed by atoms with E-state index in [1.165, 1.54) is 11.1 Å². The summed E-state index contributed by atoms with van der Waals surface area (Å²) in [5, 5.41) is 9.80. The van der Waals surface area contributed by atoms with Crippen molar-refractivity contribution in [1.82, 2.24) is 0 Å². The molecular weight excluding hydrogens is 224 g/mol. The van der Waals surface area contributed by atoms with Gasteiger partial charge in [-0.2, -0.15) is 0 Å². The van der Waals surface area contributed by atoms with Crippen molar-refractivity contribution >= 4 is 0 Å². The van der Waals surface area contributed by atoms with Crippen molar-refractivity contribution in [3.63, 3.8) is 0 Å². The summed E-state index contributed by atoms with van der Waals surface area (Å²) in [6.45, 7) is 7.10. The maximum absolute atomic E-state index is 9.80. The Hall–Kier alpha value is -1.02. The van der Waals surface area contributed by atoms with Gasteiger partial charge in [0.15, 0.2) is 0 Å². The fourth-order valence-electron chi connectivity index (χ4n) is 2.86. The van der Waals surface area contributed by atoms with Crippen LogP contribution in [-0.2, 0) is 12.8 Å². The molecule has 18 heavy (non-hydrogen) atoms. The van der Waals surface area contributed by atoms with Gasteiger partial charge in [-0.1, -0.05) is 26.0 Å². The minimum atomic E-state index is -0.220. The Kier molecular flexibility index (Phi) is 4.28. The zero-order valence-electron chi connectivity index (χ0n) is 11.6. The second-order valence-corrected chi connectivity index (χ2v) is 5.73. The highest BCUT2D eigenvalue weighted by molar-refractivity contribution is 5.39. The highest BCUT2D eigenvalue weighted by Gasteiger charge is 2.19. The van der Waals surface area contributed by atoms with Crippen LogP contribution in [0.1, 0.15) is 38.3 Å². The lowest BCUT2D eigenvalue weighted by molar-refractivity contribution is 0.0921. The predicted molar refractivity (Wildman–Crippen MR) is 74.0 cm³/mol. The van der Waals surface area contributed by atoms with E-state index >= 15 is 0 Å². The molecule has 1 heterocycles. The SMILES string of the molecule is CC(C)C(CCc1ccc2c(c1)CCO2)C(C)O. The van der Waals surface area contributed by atoms with E-state index in [4.69, 9.17) is 4.74 Å². The van der Waals surface area contributed by atoms with Gasteiger partial charge in [0.05, 0.1) is 12.7 Å². The molecule has 0 radical (unpaired) electrons. The highest BCUT2D eigenvalue weighted by Crippen LogP contribution is 2.28. The summed E-state index contributed by atoms with van der Waals surface area (Å²) < 4.78 is 5.52. The number of rotatable bonds is 5. The van der Waals surface area contributed by atoms with Crippen LogP contribution in [0.5, 0.6) is 5.75 Å². The minimum absolute atomic E-state index is 0.220. The fraction of sp³-hybridized carbons (Fsp3) is 0.625. The average Bonchev–Trinajstić information content (AvgIpc) is 2.75. The van der Waals surface area contributed by atoms with Gasteiger partial charge in [0.25, 0.3) is 0 Å². The topological polar surface area (TPSA) is 29.5 Å². The third-order valence-corrected chi connectivity index (χ3v) is 4.00. The number of benzene rings is 1. The number of aliphatic hydroxyl groups is 1. The van der Waals surface area contributed by atoms with Crippen molar-refractivity contribution in [1.29, 1.82) is 0 Å². The van der Waals surface area contributed by atoms with Crippen LogP contribution in [0.4, 0.5) is 0 Å². The first-order valence-corrected chi connectivity index (χ1v) is 7.00. The van der Waals surface area contributed by atoms with E-state index in [9.17, 15) is 5.11 Å². The van der Waals surface area contributed by atoms with Gasteiger partial charge in [-0.15, -0.1) is 0 Å². The van der Waals surface area contributed by atoms with E-state index in [0.717, 1.165) is 31.6 Å². The third-order valence-electron chi connectivity index (χ3n) is 4.00. The quantitative estimate of drug-likeness (QED) is 0.867. The average molecular weight is 248 g/mol. The molecule has 1 aliphatic rings. The van der Waals surface area contributed by atoms with E-state index < -0.39 is 0 Å². The summed E-state index contributed by atoms with van der Waals surface area (Å²) in [6, 6.07) is 6.51. The molecule has 100 valence electrons. The molecule has 0 fully saturated rings. The van der Waals surface area contributed by atoms with Crippen molar-refractivity contribution < 1.29 is 9.84 Å². The van der Waals surface area contributed by atoms with Crippen LogP contribution in [-0.4, -0.2) is 17.8 Å². The van der Waals surface area contributed by atoms with E-state index in [1.54, 1.807) is 0 Å². The Bertz CT molecular complexity index is 388. The fourth-order valence-corrected chi connectivity index (χ4v) is 2.86. The van der Waals surface area contributed by atoms with Crippen LogP contribution in [0.3, 0.4) is 0 Å². The number of hydrogen-bond acceptors (Lipinski definition) is 2. The van der Waals surface area contributed by atoms with Gasteiger partial charge in [0.1, 0.15) is 5.75 Å². The molecule has 1 N–H and O–H groups in total. The molecular formula is C16H24O2. The highest BCUT2D eigenvalue weighted by atomic mass is 16.5. The van der Waals surface area contributed by atoms with Crippen molar-refractivity contribution in [3.8, 4) is 5.75 Å². The maximum atomic E-state index is 9.80. The molecule has 2 heteroatoms. The zero-order chi connectivity index (χ0) is 13.1. The van der Waals surface area contributed by atoms with Gasteiger partial charge in [-0.3, -0.25) is 0 Å². The van der Waals surface area contributed by atoms with Crippen LogP contribution in [0.2, 0.25) is 0 Å². The Morgan fingerprint density at radius 3 is 2.72 bits per heavy atom. The number of aryl methyl sites for hydroxylation is 1. The molecule has 1 aliphatic heterocycles. The molecule has 2 rings (SSSR count). The molecule has 0 aromatic heterocycles. The summed E-state index contributed by atoms with van der Waals surface area (Å²) in [5.41, 5.74) is 2.70. The van der Waals surface area contributed by atoms with E-state index in [2.05, 4.69) is 32.0 Å². The van der Waals surface area contributed by atoms with Gasteiger partial charge < -0.3 is 9.84 Å². The second-order valence-electron chi connectivity index (χ2n) is 5.73. The minimum Gasteiger partial charge on any atom is -0.493 e. The smallest absolute Gasteiger partial charge is 0.122 e. The molecule has 2 nitrogen and oxygen atoms in total. The van der Waals surface area contributed by atoms with Crippen molar-refractivity contribution in [2.45, 2.75) is 46.1 Å². The molecule has 0 bridgehead atoms. The van der Waals surface area contributed by atoms with E-state index in [-0.39, 0.29) is 6.10 Å². The number of hydrogen-bond donors (Lipinski definition) is 1. The molecule has 1 aromatic carbocycles. The second kappa shape index (κ2) is 5.75. The molecule has 0 saturated heterocycles. The van der Waals surface area contributed by atoms with Crippen LogP contribution in [0.25, 0.3) is 0 Å². The number of aliphatic hydroxyl groups excluding tert-OH is 1. The Balaban J connectivity index is 1.97. The molecule has 0 amide bonds. The molecule has 0 saturated carbocycles. The van der Waals surface area contributed by atoms with Gasteiger partial charge in [-0.05, 0) is 48.8 Å². The van der Waals surface area contributed by atoms with Crippen LogP contribution in [0, 0.1) is 11.8 Å². The largest absolute Gasteiger partial charge is 0.493 e. The standard InChI is InChI=1S/C16H24O2/c1-11(2)15(12(3)17)6-4-13-5-7-16-14(10-13)8-9-18-16/h5,7,10-12,15,17H,4,6,8-9H2,1-3H3. The van der Waals surface area contributed by atoms with E-state index in [0.29, 0.717) is 11.8 Å². The first kappa shape index (κ1) is 13.4. The molecule has 2 unspecified atom stereocenters. The monoisotopic (exact) mass is 248 g/mol. The normalized spacial score (nSPS) is 17.4. The predicted octanol–water partition coefficient (Wildman–Crippen LogP) is 3.21. The molecule has 2 atom stereocenters. The molecule has 0 spiro atoms. The van der Waals surface area contributed by atoms with Crippen LogP contribution < -0.4 is 4.74 Å². The van der Waals surface area contributed by atoms with Gasteiger partial charge in [0, 0.05) is 6.42 Å². The lowest BCUT2D eigenvalue weighted by Crippen LogP contribution is -2.22. The van der Waals surface area contributed by atoms with Crippen molar-refractivity contribution in [2.75, 3.05) is 6.61 Å². The Morgan fingerprint density at radius 1 is 1.28 bits per heavy atom. The molecule has 1 aromatic rings. The first-order valence-electron chi connectivity index (χ1n) is 7.00. The first-order chi connectivity index (χ1) is 8.58. The number of fused-ring (bicyclic) bond motifs is 1. The zero-order valence-corrected chi connectivity index (χ0v) is 11.6. The summed E-state index contributed by atoms with van der Waals surface area (Å²) >= 11 is 0. The lowest BCUT2D eigenvalue weighted by Gasteiger charge is -2.23. The summed E-state index contributed by atoms with van der Waals surface area (Å²) in [6.07, 6.45) is 2.91. The van der Waals surface area contributed by atoms with Gasteiger partial charge >= 0.3 is 0 Å². The number of ether oxygens (including phenoxy) is 1. The summed E-state index contributed by atoms with van der Waals surface area (Å²) in [7, 11) is 0. The van der Waals surface area contributed by atoms with Gasteiger partial charge in [-0.25, -0.2) is 0 Å². The summed E-state index contributed by atoms with van der Waals surface area (Å²) in [4.78, 5) is 0. The maximum Gasteiger partial charge on any atom is 0.122 e.